The van der Waals surface area contributed by atoms with Gasteiger partial charge in [0.1, 0.15) is 11.4 Å². The molecule has 4 rings (SSSR count). The Balaban J connectivity index is 1.45. The van der Waals surface area contributed by atoms with Crippen LogP contribution in [-0.2, 0) is 6.18 Å². The van der Waals surface area contributed by atoms with Gasteiger partial charge in [-0.05, 0) is 49.4 Å². The number of carbonyl (C=O) groups excluding carboxylic acids is 1. The van der Waals surface area contributed by atoms with Crippen LogP contribution in [0.4, 0.5) is 34.9 Å². The van der Waals surface area contributed by atoms with Gasteiger partial charge in [-0.15, -0.1) is 0 Å². The Hall–Kier alpha value is -4.65. The molecule has 3 heterocycles. The number of amides is 1. The quantitative estimate of drug-likeness (QED) is 0.206. The Morgan fingerprint density at radius 1 is 1.00 bits per heavy atom. The number of nitrogens with one attached hydrogen (secondary N) is 2. The van der Waals surface area contributed by atoms with E-state index in [0.717, 1.165) is 18.3 Å². The summed E-state index contributed by atoms with van der Waals surface area (Å²) >= 11 is 0. The number of alkyl halides is 3. The summed E-state index contributed by atoms with van der Waals surface area (Å²) in [4.78, 5) is 28.5. The zero-order valence-corrected chi connectivity index (χ0v) is 18.6. The number of aromatic nitrogens is 4. The average molecular weight is 498 g/mol. The second-order valence-corrected chi connectivity index (χ2v) is 7.45. The largest absolute Gasteiger partial charge is 0.416 e. The molecule has 0 saturated heterocycles. The number of nitrogens with zero attached hydrogens (tertiary/aromatic N) is 5. The molecule has 13 heteroatoms. The Morgan fingerprint density at radius 3 is 2.50 bits per heavy atom. The van der Waals surface area contributed by atoms with Crippen molar-refractivity contribution in [1.82, 2.24) is 25.4 Å². The van der Waals surface area contributed by atoms with Gasteiger partial charge in [0.05, 0.1) is 23.6 Å². The normalized spacial score (nSPS) is 11.2. The lowest BCUT2D eigenvalue weighted by molar-refractivity contribution is -0.137. The maximum absolute atomic E-state index is 14.3. The van der Waals surface area contributed by atoms with E-state index in [2.05, 4.69) is 30.7 Å². The first kappa shape index (κ1) is 24.5. The van der Waals surface area contributed by atoms with E-state index < -0.39 is 23.5 Å². The van der Waals surface area contributed by atoms with Crippen molar-refractivity contribution in [3.8, 4) is 11.3 Å². The molecule has 9 nitrogen and oxygen atoms in total. The van der Waals surface area contributed by atoms with Crippen molar-refractivity contribution >= 4 is 23.2 Å². The van der Waals surface area contributed by atoms with E-state index in [0.29, 0.717) is 22.1 Å². The summed E-state index contributed by atoms with van der Waals surface area (Å²) in [5, 5.41) is 3.51. The predicted molar refractivity (Wildman–Crippen MR) is 123 cm³/mol. The fourth-order valence-corrected chi connectivity index (χ4v) is 3.16. The smallest absolute Gasteiger partial charge is 0.354 e. The number of aryl methyl sites for hydroxylation is 1. The van der Waals surface area contributed by atoms with Crippen LogP contribution in [0.5, 0.6) is 0 Å². The third kappa shape index (κ3) is 5.52. The summed E-state index contributed by atoms with van der Waals surface area (Å²) in [6, 6.07) is 10.7. The first-order valence-corrected chi connectivity index (χ1v) is 10.3. The summed E-state index contributed by atoms with van der Waals surface area (Å²) in [7, 11) is 0. The van der Waals surface area contributed by atoms with Crippen LogP contribution < -0.4 is 21.7 Å². The fraction of sp³-hybridized carbons (Fsp3) is 0.0870. The second-order valence-electron chi connectivity index (χ2n) is 7.45. The average Bonchev–Trinajstić information content (AvgIpc) is 2.85. The van der Waals surface area contributed by atoms with Crippen LogP contribution in [0.25, 0.3) is 11.3 Å². The lowest BCUT2D eigenvalue weighted by Crippen LogP contribution is -2.48. The molecule has 0 bridgehead atoms. The molecule has 0 aliphatic heterocycles. The Bertz CT molecular complexity index is 1400. The van der Waals surface area contributed by atoms with Crippen LogP contribution in [0.2, 0.25) is 0 Å². The van der Waals surface area contributed by atoms with Crippen molar-refractivity contribution in [1.29, 1.82) is 0 Å². The van der Waals surface area contributed by atoms with E-state index in [-0.39, 0.29) is 23.0 Å². The van der Waals surface area contributed by atoms with Crippen LogP contribution in [0, 0.1) is 12.7 Å². The van der Waals surface area contributed by atoms with E-state index in [9.17, 15) is 22.4 Å². The van der Waals surface area contributed by atoms with Crippen molar-refractivity contribution in [3.05, 3.63) is 89.9 Å². The lowest BCUT2D eigenvalue weighted by atomic mass is 10.1. The fourth-order valence-electron chi connectivity index (χ4n) is 3.16. The molecule has 0 fully saturated rings. The standard InChI is InChI=1S/C23H18F4N8O/c1-13-17(6-3-9-29-13)20-18(24)12-31-22(33-20)35(28)34-21(36)19-8-7-16(11-30-19)32-15-5-2-4-14(10-15)23(25,26)27/h2-12,32H,28H2,1H3,(H,34,36). The van der Waals surface area contributed by atoms with Gasteiger partial charge in [-0.2, -0.15) is 18.3 Å². The monoisotopic (exact) mass is 498 g/mol. The number of pyridine rings is 2. The molecule has 4 aromatic rings. The van der Waals surface area contributed by atoms with E-state index in [1.54, 1.807) is 25.3 Å². The molecule has 0 aliphatic carbocycles. The molecule has 0 saturated carbocycles. The Kier molecular flexibility index (Phi) is 6.74. The molecule has 4 N–H and O–H groups in total. The molecule has 0 aliphatic rings. The minimum absolute atomic E-state index is 0.0431. The van der Waals surface area contributed by atoms with E-state index in [4.69, 9.17) is 5.84 Å². The molecule has 0 radical (unpaired) electrons. The maximum atomic E-state index is 14.3. The molecule has 0 unspecified atom stereocenters. The van der Waals surface area contributed by atoms with Crippen LogP contribution in [0.1, 0.15) is 21.7 Å². The van der Waals surface area contributed by atoms with Gasteiger partial charge in [0, 0.05) is 23.1 Å². The summed E-state index contributed by atoms with van der Waals surface area (Å²) < 4.78 is 53.0. The molecule has 3 aromatic heterocycles. The number of anilines is 3. The van der Waals surface area contributed by atoms with E-state index in [1.165, 1.54) is 30.5 Å². The van der Waals surface area contributed by atoms with Gasteiger partial charge in [0.2, 0.25) is 0 Å². The minimum atomic E-state index is -4.47. The van der Waals surface area contributed by atoms with E-state index >= 15 is 0 Å². The van der Waals surface area contributed by atoms with Crippen LogP contribution in [0.3, 0.4) is 0 Å². The highest BCUT2D eigenvalue weighted by Crippen LogP contribution is 2.31. The Morgan fingerprint density at radius 2 is 1.81 bits per heavy atom. The van der Waals surface area contributed by atoms with Gasteiger partial charge in [0.25, 0.3) is 11.9 Å². The zero-order valence-electron chi connectivity index (χ0n) is 18.6. The van der Waals surface area contributed by atoms with Gasteiger partial charge >= 0.3 is 6.18 Å². The first-order valence-electron chi connectivity index (χ1n) is 10.3. The van der Waals surface area contributed by atoms with Crippen molar-refractivity contribution in [2.75, 3.05) is 10.4 Å². The van der Waals surface area contributed by atoms with Crippen molar-refractivity contribution in [2.24, 2.45) is 5.84 Å². The van der Waals surface area contributed by atoms with E-state index in [1.807, 2.05) is 0 Å². The van der Waals surface area contributed by atoms with Crippen molar-refractivity contribution in [2.45, 2.75) is 13.1 Å². The highest BCUT2D eigenvalue weighted by Gasteiger charge is 2.30. The molecule has 184 valence electrons. The molecule has 0 spiro atoms. The SMILES string of the molecule is Cc1ncccc1-c1nc(N(N)NC(=O)c2ccc(Nc3cccc(C(F)(F)F)c3)cn2)ncc1F. The molecule has 1 amide bonds. The number of hydrogen-bond donors (Lipinski definition) is 3. The lowest BCUT2D eigenvalue weighted by Gasteiger charge is -2.18. The minimum Gasteiger partial charge on any atom is -0.354 e. The number of benzene rings is 1. The van der Waals surface area contributed by atoms with Gasteiger partial charge in [-0.25, -0.2) is 30.6 Å². The van der Waals surface area contributed by atoms with Crippen LogP contribution in [-0.4, -0.2) is 25.8 Å². The topological polar surface area (TPSA) is 122 Å². The molecular weight excluding hydrogens is 480 g/mol. The summed E-state index contributed by atoms with van der Waals surface area (Å²) in [6.45, 7) is 1.69. The summed E-state index contributed by atoms with van der Waals surface area (Å²) in [5.74, 6) is 4.25. The number of carbonyl (C=O) groups is 1. The zero-order chi connectivity index (χ0) is 25.9. The highest BCUT2D eigenvalue weighted by molar-refractivity contribution is 5.93. The number of nitrogens with two attached hydrogens (primary N) is 1. The predicted octanol–water partition coefficient (Wildman–Crippen LogP) is 4.17. The van der Waals surface area contributed by atoms with Crippen molar-refractivity contribution < 1.29 is 22.4 Å². The maximum Gasteiger partial charge on any atom is 0.416 e. The van der Waals surface area contributed by atoms with Gasteiger partial charge in [-0.1, -0.05) is 6.07 Å². The number of rotatable bonds is 6. The number of halogens is 4. The van der Waals surface area contributed by atoms with Crippen molar-refractivity contribution in [3.63, 3.8) is 0 Å². The molecule has 1 aromatic carbocycles. The third-order valence-corrected chi connectivity index (χ3v) is 4.91. The Labute approximate surface area is 202 Å². The summed E-state index contributed by atoms with van der Waals surface area (Å²) in [6.07, 6.45) is -0.726. The van der Waals surface area contributed by atoms with Crippen LogP contribution in [0.15, 0.2) is 67.1 Å². The van der Waals surface area contributed by atoms with Gasteiger partial charge in [0.15, 0.2) is 5.82 Å². The molecule has 0 atom stereocenters. The highest BCUT2D eigenvalue weighted by atomic mass is 19.4. The van der Waals surface area contributed by atoms with Gasteiger partial charge < -0.3 is 5.32 Å². The summed E-state index contributed by atoms with van der Waals surface area (Å²) in [5.41, 5.74) is 2.95. The number of hydrazine groups is 2. The number of hydrogen-bond acceptors (Lipinski definition) is 8. The first-order chi connectivity index (χ1) is 17.1. The molecule has 36 heavy (non-hydrogen) atoms. The third-order valence-electron chi connectivity index (χ3n) is 4.91. The van der Waals surface area contributed by atoms with Gasteiger partial charge in [-0.3, -0.25) is 9.78 Å². The van der Waals surface area contributed by atoms with Crippen LogP contribution >= 0.6 is 0 Å². The second kappa shape index (κ2) is 9.92. The molecular formula is C23H18F4N8O.